The van der Waals surface area contributed by atoms with E-state index in [4.69, 9.17) is 0 Å². The highest BCUT2D eigenvalue weighted by atomic mass is 16.1. The number of fused-ring (bicyclic) bond motifs is 3. The van der Waals surface area contributed by atoms with Crippen molar-refractivity contribution in [2.24, 2.45) is 5.92 Å². The molecule has 0 bridgehead atoms. The third kappa shape index (κ3) is 3.42. The molecule has 1 amide bonds. The van der Waals surface area contributed by atoms with Gasteiger partial charge in [0.25, 0.3) is 5.91 Å². The van der Waals surface area contributed by atoms with Crippen molar-refractivity contribution in [3.63, 3.8) is 0 Å². The van der Waals surface area contributed by atoms with E-state index in [1.165, 1.54) is 6.42 Å². The highest BCUT2D eigenvalue weighted by Crippen LogP contribution is 2.36. The second-order valence-electron chi connectivity index (χ2n) is 7.94. The molecular weight excluding hydrogens is 336 g/mol. The molecule has 1 heterocycles. The zero-order valence-electron chi connectivity index (χ0n) is 16.0. The first kappa shape index (κ1) is 17.9. The third-order valence-electron chi connectivity index (χ3n) is 5.82. The fourth-order valence-corrected chi connectivity index (χ4v) is 4.24. The Hall–Kier alpha value is -2.46. The van der Waals surface area contributed by atoms with Gasteiger partial charge in [0, 0.05) is 35.8 Å². The largest absolute Gasteiger partial charge is 0.352 e. The summed E-state index contributed by atoms with van der Waals surface area (Å²) in [5.74, 6) is 0.406. The monoisotopic (exact) mass is 362 g/mol. The first-order valence-electron chi connectivity index (χ1n) is 9.85. The van der Waals surface area contributed by atoms with Gasteiger partial charge in [-0.15, -0.1) is 0 Å². The number of hydrogen-bond donors (Lipinski definition) is 1. The number of carbonyl (C=O) groups is 2. The van der Waals surface area contributed by atoms with Crippen LogP contribution in [0.4, 0.5) is 0 Å². The van der Waals surface area contributed by atoms with Gasteiger partial charge >= 0.3 is 0 Å². The molecule has 1 aliphatic heterocycles. The second-order valence-corrected chi connectivity index (χ2v) is 7.94. The molecule has 1 atom stereocenters. The van der Waals surface area contributed by atoms with Crippen molar-refractivity contribution < 1.29 is 9.59 Å². The smallest absolute Gasteiger partial charge is 0.251 e. The van der Waals surface area contributed by atoms with Crippen LogP contribution in [0.3, 0.4) is 0 Å². The van der Waals surface area contributed by atoms with Crippen LogP contribution >= 0.6 is 0 Å². The van der Waals surface area contributed by atoms with E-state index >= 15 is 0 Å². The molecule has 1 unspecified atom stereocenters. The molecule has 1 fully saturated rings. The molecule has 2 aromatic carbocycles. The Bertz CT molecular complexity index is 888. The molecule has 140 valence electrons. The molecule has 0 aromatic heterocycles. The molecule has 2 aliphatic rings. The Morgan fingerprint density at radius 3 is 2.63 bits per heavy atom. The fourth-order valence-electron chi connectivity index (χ4n) is 4.24. The summed E-state index contributed by atoms with van der Waals surface area (Å²) >= 11 is 0. The van der Waals surface area contributed by atoms with E-state index in [9.17, 15) is 9.59 Å². The van der Waals surface area contributed by atoms with Crippen LogP contribution in [-0.2, 0) is 0 Å². The molecule has 0 spiro atoms. The summed E-state index contributed by atoms with van der Waals surface area (Å²) in [6.45, 7) is 7.32. The van der Waals surface area contributed by atoms with Crippen LogP contribution in [0, 0.1) is 5.92 Å². The van der Waals surface area contributed by atoms with Crippen molar-refractivity contribution in [3.8, 4) is 11.1 Å². The summed E-state index contributed by atoms with van der Waals surface area (Å²) < 4.78 is 0. The van der Waals surface area contributed by atoms with Gasteiger partial charge in [0.05, 0.1) is 0 Å². The maximum Gasteiger partial charge on any atom is 0.251 e. The van der Waals surface area contributed by atoms with E-state index in [1.807, 2.05) is 36.4 Å². The molecule has 1 saturated heterocycles. The lowest BCUT2D eigenvalue weighted by Crippen LogP contribution is -2.43. The Labute approximate surface area is 160 Å². The summed E-state index contributed by atoms with van der Waals surface area (Å²) in [5.41, 5.74) is 3.80. The van der Waals surface area contributed by atoms with Crippen LogP contribution in [0.2, 0.25) is 0 Å². The Morgan fingerprint density at radius 1 is 1.11 bits per heavy atom. The quantitative estimate of drug-likeness (QED) is 0.769. The minimum Gasteiger partial charge on any atom is -0.352 e. The second kappa shape index (κ2) is 7.28. The number of piperidine rings is 1. The lowest BCUT2D eigenvalue weighted by atomic mass is 9.96. The Balaban J connectivity index is 1.44. The average Bonchev–Trinajstić information content (AvgIpc) is 2.98. The molecule has 4 nitrogen and oxygen atoms in total. The topological polar surface area (TPSA) is 49.4 Å². The number of hydrogen-bond acceptors (Lipinski definition) is 3. The SMILES string of the molecule is CC(C)N1CCCC(CNC(=O)c2ccc3c(c2)C(=O)c2ccccc2-3)C1. The molecule has 1 aliphatic carbocycles. The third-order valence-corrected chi connectivity index (χ3v) is 5.82. The predicted molar refractivity (Wildman–Crippen MR) is 107 cm³/mol. The zero-order valence-corrected chi connectivity index (χ0v) is 16.0. The average molecular weight is 362 g/mol. The summed E-state index contributed by atoms with van der Waals surface area (Å²) in [6.07, 6.45) is 2.34. The van der Waals surface area contributed by atoms with Crippen molar-refractivity contribution in [1.82, 2.24) is 10.2 Å². The molecule has 1 N–H and O–H groups in total. The van der Waals surface area contributed by atoms with E-state index in [1.54, 1.807) is 6.07 Å². The predicted octanol–water partition coefficient (Wildman–Crippen LogP) is 3.75. The van der Waals surface area contributed by atoms with Gasteiger partial charge in [0.15, 0.2) is 5.78 Å². The summed E-state index contributed by atoms with van der Waals surface area (Å²) in [7, 11) is 0. The molecular formula is C23H26N2O2. The Morgan fingerprint density at radius 2 is 1.85 bits per heavy atom. The van der Waals surface area contributed by atoms with Crippen LogP contribution in [0.5, 0.6) is 0 Å². The van der Waals surface area contributed by atoms with Crippen LogP contribution in [0.25, 0.3) is 11.1 Å². The van der Waals surface area contributed by atoms with Crippen molar-refractivity contribution in [2.75, 3.05) is 19.6 Å². The molecule has 27 heavy (non-hydrogen) atoms. The minimum atomic E-state index is -0.0942. The number of likely N-dealkylation sites (tertiary alicyclic amines) is 1. The first-order valence-corrected chi connectivity index (χ1v) is 9.85. The number of benzene rings is 2. The molecule has 2 aromatic rings. The number of ketones is 1. The van der Waals surface area contributed by atoms with Gasteiger partial charge in [-0.1, -0.05) is 30.3 Å². The van der Waals surface area contributed by atoms with Gasteiger partial charge in [-0.2, -0.15) is 0 Å². The van der Waals surface area contributed by atoms with E-state index in [2.05, 4.69) is 24.1 Å². The maximum absolute atomic E-state index is 12.6. The lowest BCUT2D eigenvalue weighted by Gasteiger charge is -2.35. The normalized spacial score (nSPS) is 19.1. The number of carbonyl (C=O) groups excluding carboxylic acids is 2. The molecule has 4 rings (SSSR count). The fraction of sp³-hybridized carbons (Fsp3) is 0.391. The maximum atomic E-state index is 12.6. The van der Waals surface area contributed by atoms with Crippen molar-refractivity contribution in [2.45, 2.75) is 32.7 Å². The minimum absolute atomic E-state index is 0.00936. The van der Waals surface area contributed by atoms with Crippen molar-refractivity contribution in [1.29, 1.82) is 0 Å². The Kier molecular flexibility index (Phi) is 4.83. The van der Waals surface area contributed by atoms with Crippen LogP contribution < -0.4 is 5.32 Å². The van der Waals surface area contributed by atoms with E-state index < -0.39 is 0 Å². The molecule has 0 radical (unpaired) electrons. The number of nitrogens with one attached hydrogen (secondary N) is 1. The molecule has 0 saturated carbocycles. The van der Waals surface area contributed by atoms with Gasteiger partial charge in [0.2, 0.25) is 0 Å². The van der Waals surface area contributed by atoms with Crippen LogP contribution in [0.1, 0.15) is 53.0 Å². The standard InChI is InChI=1S/C23H26N2O2/c1-15(2)25-11-5-6-16(14-25)13-24-23(27)17-9-10-19-18-7-3-4-8-20(18)22(26)21(19)12-17/h3-4,7-10,12,15-16H,5-6,11,13-14H2,1-2H3,(H,24,27). The van der Waals surface area contributed by atoms with Crippen LogP contribution in [0.15, 0.2) is 42.5 Å². The van der Waals surface area contributed by atoms with Gasteiger partial charge in [-0.25, -0.2) is 0 Å². The number of rotatable bonds is 4. The lowest BCUT2D eigenvalue weighted by molar-refractivity contribution is 0.0922. The van der Waals surface area contributed by atoms with Gasteiger partial charge in [0.1, 0.15) is 0 Å². The van der Waals surface area contributed by atoms with Crippen LogP contribution in [-0.4, -0.2) is 42.3 Å². The zero-order chi connectivity index (χ0) is 19.0. The summed E-state index contributed by atoms with van der Waals surface area (Å²) in [4.78, 5) is 27.8. The highest BCUT2D eigenvalue weighted by molar-refractivity contribution is 6.22. The van der Waals surface area contributed by atoms with E-state index in [0.717, 1.165) is 36.2 Å². The number of nitrogens with zero attached hydrogens (tertiary/aromatic N) is 1. The summed E-state index contributed by atoms with van der Waals surface area (Å²) in [5, 5.41) is 3.08. The first-order chi connectivity index (χ1) is 13.0. The van der Waals surface area contributed by atoms with Crippen molar-refractivity contribution in [3.05, 3.63) is 59.2 Å². The van der Waals surface area contributed by atoms with E-state index in [-0.39, 0.29) is 11.7 Å². The van der Waals surface area contributed by atoms with Gasteiger partial charge in [-0.05, 0) is 62.4 Å². The molecule has 4 heteroatoms. The highest BCUT2D eigenvalue weighted by Gasteiger charge is 2.27. The van der Waals surface area contributed by atoms with Crippen molar-refractivity contribution >= 4 is 11.7 Å². The summed E-state index contributed by atoms with van der Waals surface area (Å²) in [6, 6.07) is 13.6. The van der Waals surface area contributed by atoms with E-state index in [0.29, 0.717) is 29.6 Å². The number of amides is 1. The van der Waals surface area contributed by atoms with Gasteiger partial charge in [-0.3, -0.25) is 9.59 Å². The van der Waals surface area contributed by atoms with Gasteiger partial charge < -0.3 is 10.2 Å².